The van der Waals surface area contributed by atoms with Crippen molar-refractivity contribution in [2.75, 3.05) is 0 Å². The van der Waals surface area contributed by atoms with Crippen molar-refractivity contribution in [2.45, 2.75) is 24.4 Å². The Morgan fingerprint density at radius 2 is 2.25 bits per heavy atom. The van der Waals surface area contributed by atoms with Gasteiger partial charge in [-0.2, -0.15) is 0 Å². The van der Waals surface area contributed by atoms with E-state index in [1.165, 1.54) is 0 Å². The summed E-state index contributed by atoms with van der Waals surface area (Å²) in [6.07, 6.45) is 0.867. The Morgan fingerprint density at radius 3 is 2.25 bits per heavy atom. The standard InChI is InChI=1S/C5H11ClN2/c1-3(7)4-2-5(4,6)8/h3-4H,2,7-8H2,1H3/t3-,4+,5?/m0/s1. The Balaban J connectivity index is 2.37. The highest BCUT2D eigenvalue weighted by Gasteiger charge is 2.51. The smallest absolute Gasteiger partial charge is 0.0959 e. The van der Waals surface area contributed by atoms with Crippen molar-refractivity contribution in [1.82, 2.24) is 0 Å². The highest BCUT2D eigenvalue weighted by Crippen LogP contribution is 2.45. The average Bonchev–Trinajstić information content (AvgIpc) is 2.13. The predicted octanol–water partition coefficient (Wildman–Crippen LogP) is 0.247. The number of hydrogen-bond acceptors (Lipinski definition) is 2. The van der Waals surface area contributed by atoms with Gasteiger partial charge in [0.1, 0.15) is 0 Å². The molecule has 0 saturated heterocycles. The number of nitrogens with two attached hydrogens (primary N) is 2. The molecule has 1 unspecified atom stereocenters. The lowest BCUT2D eigenvalue weighted by atomic mass is 10.2. The second-order valence-electron chi connectivity index (χ2n) is 2.60. The molecule has 8 heavy (non-hydrogen) atoms. The van der Waals surface area contributed by atoms with E-state index >= 15 is 0 Å². The van der Waals surface area contributed by atoms with Crippen LogP contribution in [0.2, 0.25) is 0 Å². The quantitative estimate of drug-likeness (QED) is 0.399. The maximum Gasteiger partial charge on any atom is 0.0959 e. The highest BCUT2D eigenvalue weighted by molar-refractivity contribution is 6.25. The van der Waals surface area contributed by atoms with E-state index in [1.54, 1.807) is 0 Å². The third-order valence-corrected chi connectivity index (χ3v) is 2.06. The van der Waals surface area contributed by atoms with E-state index in [2.05, 4.69) is 0 Å². The Bertz CT molecular complexity index is 101. The van der Waals surface area contributed by atoms with Gasteiger partial charge in [-0.15, -0.1) is 11.6 Å². The van der Waals surface area contributed by atoms with Crippen molar-refractivity contribution in [3.05, 3.63) is 0 Å². The van der Waals surface area contributed by atoms with Gasteiger partial charge in [0.15, 0.2) is 0 Å². The van der Waals surface area contributed by atoms with Crippen LogP contribution in [0.15, 0.2) is 0 Å². The van der Waals surface area contributed by atoms with Crippen molar-refractivity contribution >= 4 is 11.6 Å². The summed E-state index contributed by atoms with van der Waals surface area (Å²) in [5.41, 5.74) is 11.0. The molecule has 0 aromatic carbocycles. The minimum Gasteiger partial charge on any atom is -0.328 e. The van der Waals surface area contributed by atoms with Gasteiger partial charge in [0.25, 0.3) is 0 Å². The van der Waals surface area contributed by atoms with Gasteiger partial charge in [-0.05, 0) is 13.3 Å². The maximum atomic E-state index is 5.70. The van der Waals surface area contributed by atoms with Gasteiger partial charge in [-0.1, -0.05) is 0 Å². The van der Waals surface area contributed by atoms with E-state index < -0.39 is 5.00 Å². The van der Waals surface area contributed by atoms with Gasteiger partial charge in [-0.25, -0.2) is 0 Å². The van der Waals surface area contributed by atoms with Gasteiger partial charge in [0.05, 0.1) is 5.00 Å². The third-order valence-electron chi connectivity index (χ3n) is 1.62. The summed E-state index contributed by atoms with van der Waals surface area (Å²) in [6.45, 7) is 1.93. The lowest BCUT2D eigenvalue weighted by Gasteiger charge is -2.03. The van der Waals surface area contributed by atoms with Crippen molar-refractivity contribution in [1.29, 1.82) is 0 Å². The fourth-order valence-electron chi connectivity index (χ4n) is 0.901. The molecule has 1 aliphatic rings. The number of rotatable bonds is 1. The summed E-state index contributed by atoms with van der Waals surface area (Å²) in [5, 5.41) is 0. The van der Waals surface area contributed by atoms with Crippen LogP contribution in [-0.2, 0) is 0 Å². The summed E-state index contributed by atoms with van der Waals surface area (Å²) in [6, 6.07) is 0.150. The topological polar surface area (TPSA) is 52.0 Å². The molecular weight excluding hydrogens is 124 g/mol. The molecule has 0 aromatic rings. The van der Waals surface area contributed by atoms with Crippen LogP contribution in [0, 0.1) is 5.92 Å². The Hall–Kier alpha value is 0.210. The first-order valence-electron chi connectivity index (χ1n) is 2.77. The van der Waals surface area contributed by atoms with Crippen LogP contribution in [0.1, 0.15) is 13.3 Å². The van der Waals surface area contributed by atoms with Crippen molar-refractivity contribution in [3.63, 3.8) is 0 Å². The molecule has 0 bridgehead atoms. The Kier molecular flexibility index (Phi) is 1.26. The monoisotopic (exact) mass is 134 g/mol. The first-order chi connectivity index (χ1) is 3.54. The van der Waals surface area contributed by atoms with Gasteiger partial charge in [-0.3, -0.25) is 0 Å². The lowest BCUT2D eigenvalue weighted by molar-refractivity contribution is 0.612. The van der Waals surface area contributed by atoms with E-state index in [1.807, 2.05) is 6.92 Å². The Labute approximate surface area is 54.2 Å². The van der Waals surface area contributed by atoms with E-state index in [-0.39, 0.29) is 6.04 Å². The van der Waals surface area contributed by atoms with Crippen LogP contribution in [0.5, 0.6) is 0 Å². The summed E-state index contributed by atoms with van der Waals surface area (Å²) < 4.78 is 0. The molecule has 1 saturated carbocycles. The SMILES string of the molecule is C[C@H](N)[C@H]1CC1(N)Cl. The summed E-state index contributed by atoms with van der Waals surface area (Å²) in [5.74, 6) is 0.337. The Morgan fingerprint density at radius 1 is 1.88 bits per heavy atom. The summed E-state index contributed by atoms with van der Waals surface area (Å²) >= 11 is 5.70. The summed E-state index contributed by atoms with van der Waals surface area (Å²) in [4.78, 5) is -0.464. The predicted molar refractivity (Wildman–Crippen MR) is 34.5 cm³/mol. The molecule has 0 amide bonds. The molecule has 3 heteroatoms. The van der Waals surface area contributed by atoms with Crippen LogP contribution in [0.25, 0.3) is 0 Å². The molecule has 2 nitrogen and oxygen atoms in total. The fourth-order valence-corrected chi connectivity index (χ4v) is 1.27. The minimum absolute atomic E-state index is 0.150. The molecule has 1 aliphatic carbocycles. The molecule has 0 radical (unpaired) electrons. The number of alkyl halides is 1. The van der Waals surface area contributed by atoms with Crippen LogP contribution in [0.4, 0.5) is 0 Å². The third kappa shape index (κ3) is 0.966. The van der Waals surface area contributed by atoms with Crippen molar-refractivity contribution < 1.29 is 0 Å². The minimum atomic E-state index is -0.464. The van der Waals surface area contributed by atoms with Gasteiger partial charge >= 0.3 is 0 Å². The van der Waals surface area contributed by atoms with Crippen LogP contribution in [-0.4, -0.2) is 11.0 Å². The van der Waals surface area contributed by atoms with Crippen molar-refractivity contribution in [2.24, 2.45) is 17.4 Å². The molecule has 1 fully saturated rings. The van der Waals surface area contributed by atoms with Crippen LogP contribution < -0.4 is 11.5 Å². The van der Waals surface area contributed by atoms with E-state index in [0.29, 0.717) is 5.92 Å². The molecule has 3 atom stereocenters. The zero-order valence-corrected chi connectivity index (χ0v) is 5.65. The van der Waals surface area contributed by atoms with E-state index in [0.717, 1.165) is 6.42 Å². The zero-order chi connectivity index (χ0) is 6.36. The number of hydrogen-bond donors (Lipinski definition) is 2. The van der Waals surface area contributed by atoms with E-state index in [9.17, 15) is 0 Å². The average molecular weight is 135 g/mol. The summed E-state index contributed by atoms with van der Waals surface area (Å²) in [7, 11) is 0. The number of halogens is 1. The normalized spacial score (nSPS) is 48.8. The second-order valence-corrected chi connectivity index (χ2v) is 3.30. The van der Waals surface area contributed by atoms with Crippen LogP contribution in [0.3, 0.4) is 0 Å². The van der Waals surface area contributed by atoms with Gasteiger partial charge < -0.3 is 11.5 Å². The lowest BCUT2D eigenvalue weighted by Crippen LogP contribution is -2.27. The molecule has 0 aliphatic heterocycles. The van der Waals surface area contributed by atoms with Gasteiger partial charge in [0, 0.05) is 12.0 Å². The second kappa shape index (κ2) is 1.59. The highest BCUT2D eigenvalue weighted by atomic mass is 35.5. The van der Waals surface area contributed by atoms with Crippen molar-refractivity contribution in [3.8, 4) is 0 Å². The first kappa shape index (κ1) is 6.33. The molecule has 48 valence electrons. The fraction of sp³-hybridized carbons (Fsp3) is 1.00. The first-order valence-corrected chi connectivity index (χ1v) is 3.15. The largest absolute Gasteiger partial charge is 0.328 e. The zero-order valence-electron chi connectivity index (χ0n) is 4.89. The molecule has 0 aromatic heterocycles. The van der Waals surface area contributed by atoms with Crippen LogP contribution >= 0.6 is 11.6 Å². The van der Waals surface area contributed by atoms with E-state index in [4.69, 9.17) is 23.1 Å². The maximum absolute atomic E-state index is 5.70. The molecule has 4 N–H and O–H groups in total. The molecule has 0 spiro atoms. The van der Waals surface area contributed by atoms with Gasteiger partial charge in [0.2, 0.25) is 0 Å². The molecular formula is C5H11ClN2. The molecule has 1 rings (SSSR count). The molecule has 0 heterocycles.